The van der Waals surface area contributed by atoms with Crippen molar-refractivity contribution in [1.82, 2.24) is 9.55 Å². The lowest BCUT2D eigenvalue weighted by atomic mass is 9.96. The van der Waals surface area contributed by atoms with Gasteiger partial charge in [0, 0.05) is 25.2 Å². The summed E-state index contributed by atoms with van der Waals surface area (Å²) in [6.07, 6.45) is 3.93. The van der Waals surface area contributed by atoms with Crippen molar-refractivity contribution in [2.75, 3.05) is 18.9 Å². The standard InChI is InChI=1S/C11H19N3O/c1-8(2)14-7-13-10(11(14)12)9-3-5-15-6-4-9/h7-9H,3-6,12H2,1-2H3. The molecule has 0 bridgehead atoms. The molecule has 0 atom stereocenters. The zero-order valence-corrected chi connectivity index (χ0v) is 9.44. The highest BCUT2D eigenvalue weighted by Crippen LogP contribution is 2.30. The first-order chi connectivity index (χ1) is 7.20. The first kappa shape index (κ1) is 10.5. The van der Waals surface area contributed by atoms with Gasteiger partial charge in [-0.05, 0) is 26.7 Å². The molecule has 15 heavy (non-hydrogen) atoms. The van der Waals surface area contributed by atoms with E-state index in [0.29, 0.717) is 12.0 Å². The van der Waals surface area contributed by atoms with Crippen LogP contribution >= 0.6 is 0 Å². The molecule has 1 fully saturated rings. The summed E-state index contributed by atoms with van der Waals surface area (Å²) >= 11 is 0. The fourth-order valence-electron chi connectivity index (χ4n) is 2.08. The van der Waals surface area contributed by atoms with Crippen molar-refractivity contribution < 1.29 is 4.74 Å². The number of anilines is 1. The molecule has 1 aromatic rings. The highest BCUT2D eigenvalue weighted by Gasteiger charge is 2.22. The summed E-state index contributed by atoms with van der Waals surface area (Å²) in [6, 6.07) is 0.381. The topological polar surface area (TPSA) is 53.1 Å². The van der Waals surface area contributed by atoms with E-state index >= 15 is 0 Å². The van der Waals surface area contributed by atoms with Crippen molar-refractivity contribution in [3.8, 4) is 0 Å². The number of nitrogen functional groups attached to an aromatic ring is 1. The maximum atomic E-state index is 6.09. The quantitative estimate of drug-likeness (QED) is 0.809. The van der Waals surface area contributed by atoms with E-state index < -0.39 is 0 Å². The fraction of sp³-hybridized carbons (Fsp3) is 0.727. The molecule has 4 heteroatoms. The van der Waals surface area contributed by atoms with E-state index in [1.54, 1.807) is 0 Å². The first-order valence-electron chi connectivity index (χ1n) is 5.60. The number of hydrogen-bond donors (Lipinski definition) is 1. The molecule has 1 aliphatic rings. The minimum Gasteiger partial charge on any atom is -0.384 e. The van der Waals surface area contributed by atoms with Gasteiger partial charge in [0.25, 0.3) is 0 Å². The fourth-order valence-corrected chi connectivity index (χ4v) is 2.08. The molecule has 0 spiro atoms. The monoisotopic (exact) mass is 209 g/mol. The van der Waals surface area contributed by atoms with Gasteiger partial charge >= 0.3 is 0 Å². The van der Waals surface area contributed by atoms with Crippen LogP contribution in [0.5, 0.6) is 0 Å². The third-order valence-electron chi connectivity index (χ3n) is 3.03. The number of rotatable bonds is 2. The molecule has 0 aliphatic carbocycles. The summed E-state index contributed by atoms with van der Waals surface area (Å²) < 4.78 is 7.37. The molecule has 1 aromatic heterocycles. The van der Waals surface area contributed by atoms with Crippen LogP contribution in [0.2, 0.25) is 0 Å². The Morgan fingerprint density at radius 3 is 2.67 bits per heavy atom. The first-order valence-corrected chi connectivity index (χ1v) is 5.60. The van der Waals surface area contributed by atoms with Gasteiger partial charge in [-0.25, -0.2) is 4.98 Å². The van der Waals surface area contributed by atoms with Gasteiger partial charge < -0.3 is 15.0 Å². The van der Waals surface area contributed by atoms with Crippen molar-refractivity contribution in [2.24, 2.45) is 0 Å². The number of imidazole rings is 1. The molecule has 2 rings (SSSR count). The molecular weight excluding hydrogens is 190 g/mol. The molecule has 1 saturated heterocycles. The SMILES string of the molecule is CC(C)n1cnc(C2CCOCC2)c1N. The number of nitrogens with two attached hydrogens (primary N) is 1. The number of ether oxygens (including phenoxy) is 1. The maximum absolute atomic E-state index is 6.09. The molecule has 4 nitrogen and oxygen atoms in total. The van der Waals surface area contributed by atoms with E-state index in [0.717, 1.165) is 37.6 Å². The molecule has 0 aromatic carbocycles. The summed E-state index contributed by atoms with van der Waals surface area (Å²) in [5, 5.41) is 0. The Bertz CT molecular complexity index is 327. The molecule has 2 N–H and O–H groups in total. The van der Waals surface area contributed by atoms with Crippen molar-refractivity contribution in [1.29, 1.82) is 0 Å². The van der Waals surface area contributed by atoms with Crippen LogP contribution < -0.4 is 5.73 Å². The Balaban J connectivity index is 2.20. The normalized spacial score (nSPS) is 18.6. The number of hydrogen-bond acceptors (Lipinski definition) is 3. The zero-order valence-electron chi connectivity index (χ0n) is 9.44. The highest BCUT2D eigenvalue weighted by molar-refractivity contribution is 5.39. The second-order valence-corrected chi connectivity index (χ2v) is 4.40. The van der Waals surface area contributed by atoms with Crippen molar-refractivity contribution >= 4 is 5.82 Å². The number of nitrogens with zero attached hydrogens (tertiary/aromatic N) is 2. The second kappa shape index (κ2) is 4.23. The Kier molecular flexibility index (Phi) is 2.95. The average Bonchev–Trinajstić information content (AvgIpc) is 2.61. The van der Waals surface area contributed by atoms with E-state index in [-0.39, 0.29) is 0 Å². The van der Waals surface area contributed by atoms with Crippen LogP contribution in [0.25, 0.3) is 0 Å². The van der Waals surface area contributed by atoms with Crippen LogP contribution in [-0.2, 0) is 4.74 Å². The molecule has 0 unspecified atom stereocenters. The van der Waals surface area contributed by atoms with Crippen molar-refractivity contribution in [3.63, 3.8) is 0 Å². The molecule has 0 saturated carbocycles. The van der Waals surface area contributed by atoms with Crippen LogP contribution in [0.1, 0.15) is 44.3 Å². The van der Waals surface area contributed by atoms with Gasteiger partial charge in [-0.1, -0.05) is 0 Å². The van der Waals surface area contributed by atoms with Gasteiger partial charge in [0.2, 0.25) is 0 Å². The number of aromatic nitrogens is 2. The lowest BCUT2D eigenvalue weighted by Gasteiger charge is -2.21. The minimum atomic E-state index is 0.381. The predicted octanol–water partition coefficient (Wildman–Crippen LogP) is 1.94. The van der Waals surface area contributed by atoms with Gasteiger partial charge in [-0.15, -0.1) is 0 Å². The van der Waals surface area contributed by atoms with Crippen molar-refractivity contribution in [3.05, 3.63) is 12.0 Å². The van der Waals surface area contributed by atoms with E-state index in [4.69, 9.17) is 10.5 Å². The molecule has 0 radical (unpaired) electrons. The Morgan fingerprint density at radius 2 is 2.13 bits per heavy atom. The van der Waals surface area contributed by atoms with Crippen LogP contribution in [0.15, 0.2) is 6.33 Å². The van der Waals surface area contributed by atoms with Crippen LogP contribution in [0, 0.1) is 0 Å². The van der Waals surface area contributed by atoms with E-state index in [1.165, 1.54) is 0 Å². The van der Waals surface area contributed by atoms with Gasteiger partial charge in [-0.2, -0.15) is 0 Å². The Hall–Kier alpha value is -1.03. The second-order valence-electron chi connectivity index (χ2n) is 4.40. The summed E-state index contributed by atoms with van der Waals surface area (Å²) in [4.78, 5) is 4.44. The van der Waals surface area contributed by atoms with Gasteiger partial charge in [0.15, 0.2) is 0 Å². The molecule has 1 aliphatic heterocycles. The van der Waals surface area contributed by atoms with E-state index in [9.17, 15) is 0 Å². The average molecular weight is 209 g/mol. The van der Waals surface area contributed by atoms with Crippen LogP contribution in [0.4, 0.5) is 5.82 Å². The summed E-state index contributed by atoms with van der Waals surface area (Å²) in [7, 11) is 0. The summed E-state index contributed by atoms with van der Waals surface area (Å²) in [6.45, 7) is 5.90. The largest absolute Gasteiger partial charge is 0.384 e. The predicted molar refractivity (Wildman–Crippen MR) is 59.8 cm³/mol. The highest BCUT2D eigenvalue weighted by atomic mass is 16.5. The lowest BCUT2D eigenvalue weighted by molar-refractivity contribution is 0.0847. The minimum absolute atomic E-state index is 0.381. The summed E-state index contributed by atoms with van der Waals surface area (Å²) in [5.74, 6) is 1.32. The van der Waals surface area contributed by atoms with Crippen LogP contribution in [-0.4, -0.2) is 22.8 Å². The van der Waals surface area contributed by atoms with E-state index in [2.05, 4.69) is 18.8 Å². The zero-order chi connectivity index (χ0) is 10.8. The Morgan fingerprint density at radius 1 is 1.47 bits per heavy atom. The molecular formula is C11H19N3O. The molecule has 0 amide bonds. The van der Waals surface area contributed by atoms with Gasteiger partial charge in [0.05, 0.1) is 12.0 Å². The molecule has 84 valence electrons. The van der Waals surface area contributed by atoms with Crippen LogP contribution in [0.3, 0.4) is 0 Å². The van der Waals surface area contributed by atoms with Crippen molar-refractivity contribution in [2.45, 2.75) is 38.6 Å². The Labute approximate surface area is 90.4 Å². The smallest absolute Gasteiger partial charge is 0.127 e. The van der Waals surface area contributed by atoms with Gasteiger partial charge in [-0.3, -0.25) is 0 Å². The third kappa shape index (κ3) is 2.00. The summed E-state index contributed by atoms with van der Waals surface area (Å²) in [5.41, 5.74) is 7.16. The van der Waals surface area contributed by atoms with E-state index in [1.807, 2.05) is 10.9 Å². The maximum Gasteiger partial charge on any atom is 0.127 e. The lowest BCUT2D eigenvalue weighted by Crippen LogP contribution is -2.16. The van der Waals surface area contributed by atoms with Gasteiger partial charge in [0.1, 0.15) is 5.82 Å². The third-order valence-corrected chi connectivity index (χ3v) is 3.03. The molecule has 2 heterocycles.